The summed E-state index contributed by atoms with van der Waals surface area (Å²) >= 11 is 0. The first-order chi connectivity index (χ1) is 11.0. The summed E-state index contributed by atoms with van der Waals surface area (Å²) in [6, 6.07) is 2.04. The smallest absolute Gasteiger partial charge is 0.258 e. The largest absolute Gasteiger partial charge is 0.349 e. The van der Waals surface area contributed by atoms with Crippen molar-refractivity contribution in [3.63, 3.8) is 0 Å². The first-order valence-electron chi connectivity index (χ1n) is 8.57. The predicted octanol–water partition coefficient (Wildman–Crippen LogP) is 3.39. The Morgan fingerprint density at radius 1 is 1.35 bits per heavy atom. The number of hydrogen-bond donors (Lipinski definition) is 1. The van der Waals surface area contributed by atoms with Gasteiger partial charge in [0.25, 0.3) is 11.6 Å². The number of nitrogens with zero attached hydrogens (tertiary/aromatic N) is 2. The Kier molecular flexibility index (Phi) is 3.39. The van der Waals surface area contributed by atoms with E-state index < -0.39 is 0 Å². The molecule has 2 fully saturated rings. The molecule has 2 aliphatic carbocycles. The van der Waals surface area contributed by atoms with Crippen LogP contribution in [0.25, 0.3) is 11.1 Å². The number of pyridine rings is 1. The van der Waals surface area contributed by atoms with E-state index in [0.717, 1.165) is 22.9 Å². The average Bonchev–Trinajstić information content (AvgIpc) is 3.22. The number of fused-ring (bicyclic) bond motifs is 3. The second-order valence-corrected chi connectivity index (χ2v) is 7.36. The summed E-state index contributed by atoms with van der Waals surface area (Å²) in [5, 5.41) is 7.90. The van der Waals surface area contributed by atoms with Gasteiger partial charge >= 0.3 is 0 Å². The van der Waals surface area contributed by atoms with E-state index in [1.807, 2.05) is 19.9 Å². The summed E-state index contributed by atoms with van der Waals surface area (Å²) in [4.78, 5) is 17.1. The number of hydrogen-bond acceptors (Lipinski definition) is 4. The maximum absolute atomic E-state index is 12.8. The molecule has 0 spiro atoms. The number of rotatable bonds is 3. The van der Waals surface area contributed by atoms with Crippen molar-refractivity contribution in [3.05, 3.63) is 23.0 Å². The number of carbonyl (C=O) groups is 1. The van der Waals surface area contributed by atoms with E-state index in [1.54, 1.807) is 0 Å². The Bertz CT molecular complexity index is 767. The lowest BCUT2D eigenvalue weighted by Gasteiger charge is -2.28. The average molecular weight is 313 g/mol. The van der Waals surface area contributed by atoms with Crippen LogP contribution in [0.15, 0.2) is 10.6 Å². The summed E-state index contributed by atoms with van der Waals surface area (Å²) in [7, 11) is 0. The third kappa shape index (κ3) is 2.42. The Hall–Kier alpha value is -1.91. The molecule has 0 radical (unpaired) electrons. The molecule has 4 atom stereocenters. The molecule has 122 valence electrons. The number of carbonyl (C=O) groups excluding carboxylic acids is 1. The van der Waals surface area contributed by atoms with Crippen molar-refractivity contribution >= 4 is 17.0 Å². The Labute approximate surface area is 135 Å². The van der Waals surface area contributed by atoms with Crippen LogP contribution in [0.3, 0.4) is 0 Å². The third-order valence-corrected chi connectivity index (χ3v) is 5.78. The van der Waals surface area contributed by atoms with E-state index in [0.29, 0.717) is 22.9 Å². The molecule has 2 aliphatic rings. The van der Waals surface area contributed by atoms with E-state index in [1.165, 1.54) is 25.7 Å². The molecule has 2 saturated carbocycles. The maximum Gasteiger partial charge on any atom is 0.258 e. The van der Waals surface area contributed by atoms with Crippen molar-refractivity contribution in [2.75, 3.05) is 0 Å². The molecule has 23 heavy (non-hydrogen) atoms. The Balaban J connectivity index is 1.58. The highest BCUT2D eigenvalue weighted by Crippen LogP contribution is 2.49. The van der Waals surface area contributed by atoms with Crippen molar-refractivity contribution < 1.29 is 9.32 Å². The summed E-state index contributed by atoms with van der Waals surface area (Å²) in [6.45, 7) is 5.86. The second-order valence-electron chi connectivity index (χ2n) is 7.36. The van der Waals surface area contributed by atoms with Crippen LogP contribution in [0, 0.1) is 31.6 Å². The minimum absolute atomic E-state index is 0.0397. The van der Waals surface area contributed by atoms with Gasteiger partial charge in [0.15, 0.2) is 0 Å². The zero-order valence-electron chi connectivity index (χ0n) is 13.9. The molecule has 2 heterocycles. The van der Waals surface area contributed by atoms with Crippen LogP contribution in [0.5, 0.6) is 0 Å². The van der Waals surface area contributed by atoms with Gasteiger partial charge in [-0.15, -0.1) is 0 Å². The van der Waals surface area contributed by atoms with Crippen LogP contribution in [-0.4, -0.2) is 22.1 Å². The SMILES string of the molecule is Cc1cc(C(=O)N[C@H](C)[C@H]2C[C@H]3CC[C@H]2C3)c2c(C)noc2n1. The summed E-state index contributed by atoms with van der Waals surface area (Å²) in [5.41, 5.74) is 2.55. The highest BCUT2D eigenvalue weighted by molar-refractivity contribution is 6.06. The Morgan fingerprint density at radius 2 is 2.17 bits per heavy atom. The lowest BCUT2D eigenvalue weighted by molar-refractivity contribution is 0.0916. The maximum atomic E-state index is 12.8. The number of amides is 1. The second kappa shape index (κ2) is 5.32. The molecule has 0 unspecified atom stereocenters. The van der Waals surface area contributed by atoms with Gasteiger partial charge in [-0.05, 0) is 63.9 Å². The van der Waals surface area contributed by atoms with Gasteiger partial charge in [-0.1, -0.05) is 11.6 Å². The molecule has 2 bridgehead atoms. The zero-order valence-corrected chi connectivity index (χ0v) is 13.9. The first-order valence-corrected chi connectivity index (χ1v) is 8.57. The van der Waals surface area contributed by atoms with Crippen LogP contribution in [0.1, 0.15) is 54.4 Å². The molecule has 0 aromatic carbocycles. The van der Waals surface area contributed by atoms with Gasteiger partial charge in [0.1, 0.15) is 0 Å². The van der Waals surface area contributed by atoms with Crippen molar-refractivity contribution in [1.29, 1.82) is 0 Å². The molecule has 4 rings (SSSR count). The van der Waals surface area contributed by atoms with Crippen molar-refractivity contribution in [1.82, 2.24) is 15.5 Å². The van der Waals surface area contributed by atoms with E-state index >= 15 is 0 Å². The fourth-order valence-electron chi connectivity index (χ4n) is 4.69. The predicted molar refractivity (Wildman–Crippen MR) is 87.1 cm³/mol. The Morgan fingerprint density at radius 3 is 2.87 bits per heavy atom. The highest BCUT2D eigenvalue weighted by atomic mass is 16.5. The van der Waals surface area contributed by atoms with Crippen LogP contribution in [0.4, 0.5) is 0 Å². The van der Waals surface area contributed by atoms with Gasteiger partial charge in [-0.3, -0.25) is 4.79 Å². The molecule has 5 heteroatoms. The molecular weight excluding hydrogens is 290 g/mol. The normalized spacial score (nSPS) is 27.5. The third-order valence-electron chi connectivity index (χ3n) is 5.78. The zero-order chi connectivity index (χ0) is 16.1. The molecule has 1 amide bonds. The van der Waals surface area contributed by atoms with Crippen LogP contribution < -0.4 is 5.32 Å². The van der Waals surface area contributed by atoms with Gasteiger partial charge in [-0.25, -0.2) is 4.98 Å². The van der Waals surface area contributed by atoms with Crippen LogP contribution in [0.2, 0.25) is 0 Å². The molecule has 1 N–H and O–H groups in total. The van der Waals surface area contributed by atoms with Crippen molar-refractivity contribution in [2.24, 2.45) is 17.8 Å². The molecular formula is C18H23N3O2. The standard InChI is InChI=1S/C18H23N3O2/c1-9-6-15(16-11(3)21-23-18(16)19-9)17(22)20-10(2)14-8-12-4-5-13(14)7-12/h6,10,12-14H,4-5,7-8H2,1-3H3,(H,20,22)/t10-,12+,13+,14-/m1/s1. The van der Waals surface area contributed by atoms with E-state index in [2.05, 4.69) is 22.4 Å². The molecule has 0 saturated heterocycles. The summed E-state index contributed by atoms with van der Waals surface area (Å²) in [6.07, 6.45) is 5.34. The van der Waals surface area contributed by atoms with Gasteiger partial charge in [0, 0.05) is 11.7 Å². The quantitative estimate of drug-likeness (QED) is 0.943. The van der Waals surface area contributed by atoms with Crippen LogP contribution >= 0.6 is 0 Å². The molecule has 2 aromatic rings. The first kappa shape index (κ1) is 14.7. The molecule has 2 aromatic heterocycles. The molecule has 0 aliphatic heterocycles. The number of aromatic nitrogens is 2. The van der Waals surface area contributed by atoms with E-state index in [-0.39, 0.29) is 11.9 Å². The van der Waals surface area contributed by atoms with Crippen LogP contribution in [-0.2, 0) is 0 Å². The van der Waals surface area contributed by atoms with E-state index in [9.17, 15) is 4.79 Å². The topological polar surface area (TPSA) is 68.0 Å². The highest BCUT2D eigenvalue weighted by Gasteiger charge is 2.42. The summed E-state index contributed by atoms with van der Waals surface area (Å²) < 4.78 is 5.22. The fourth-order valence-corrected chi connectivity index (χ4v) is 4.69. The number of nitrogens with one attached hydrogen (secondary N) is 1. The van der Waals surface area contributed by atoms with Gasteiger partial charge in [-0.2, -0.15) is 0 Å². The van der Waals surface area contributed by atoms with Gasteiger partial charge in [0.2, 0.25) is 0 Å². The summed E-state index contributed by atoms with van der Waals surface area (Å²) in [5.74, 6) is 2.27. The van der Waals surface area contributed by atoms with Crippen molar-refractivity contribution in [2.45, 2.75) is 52.5 Å². The fraction of sp³-hybridized carbons (Fsp3) is 0.611. The monoisotopic (exact) mass is 313 g/mol. The number of aryl methyl sites for hydroxylation is 2. The van der Waals surface area contributed by atoms with Gasteiger partial charge in [0.05, 0.1) is 16.6 Å². The minimum atomic E-state index is -0.0397. The minimum Gasteiger partial charge on any atom is -0.349 e. The van der Waals surface area contributed by atoms with Crippen molar-refractivity contribution in [3.8, 4) is 0 Å². The van der Waals surface area contributed by atoms with E-state index in [4.69, 9.17) is 4.52 Å². The van der Waals surface area contributed by atoms with Gasteiger partial charge < -0.3 is 9.84 Å². The molecule has 5 nitrogen and oxygen atoms in total. The lowest BCUT2D eigenvalue weighted by Crippen LogP contribution is -2.40. The lowest BCUT2D eigenvalue weighted by atomic mass is 9.84.